The number of aliphatic hydroxyl groups is 1. The summed E-state index contributed by atoms with van der Waals surface area (Å²) in [5.41, 5.74) is 1.65. The topological polar surface area (TPSA) is 45.5 Å². The number of piperidine rings is 1. The van der Waals surface area contributed by atoms with Crippen molar-refractivity contribution in [2.45, 2.75) is 25.5 Å². The highest BCUT2D eigenvalue weighted by molar-refractivity contribution is 7.16. The van der Waals surface area contributed by atoms with Crippen LogP contribution in [0.2, 0.25) is 5.02 Å². The molecule has 1 atom stereocenters. The smallest absolute Gasteiger partial charge is 0.308 e. The van der Waals surface area contributed by atoms with Crippen molar-refractivity contribution >= 4 is 45.6 Å². The molecule has 2 aromatic carbocycles. The molecule has 1 saturated heterocycles. The van der Waals surface area contributed by atoms with Crippen molar-refractivity contribution in [1.82, 2.24) is 9.47 Å². The first-order valence-corrected chi connectivity index (χ1v) is 10.6. The van der Waals surface area contributed by atoms with E-state index in [2.05, 4.69) is 4.90 Å². The van der Waals surface area contributed by atoms with E-state index in [9.17, 15) is 14.3 Å². The van der Waals surface area contributed by atoms with Gasteiger partial charge in [-0.15, -0.1) is 12.4 Å². The number of benzene rings is 2. The van der Waals surface area contributed by atoms with Gasteiger partial charge in [0.05, 0.1) is 16.3 Å². The van der Waals surface area contributed by atoms with Gasteiger partial charge in [-0.05, 0) is 67.7 Å². The summed E-state index contributed by atoms with van der Waals surface area (Å²) in [4.78, 5) is 14.7. The van der Waals surface area contributed by atoms with Gasteiger partial charge in [0.25, 0.3) is 0 Å². The lowest BCUT2D eigenvalue weighted by Gasteiger charge is -2.33. The van der Waals surface area contributed by atoms with Gasteiger partial charge in [0.15, 0.2) is 0 Å². The van der Waals surface area contributed by atoms with E-state index in [1.165, 1.54) is 23.5 Å². The molecule has 4 rings (SSSR count). The minimum atomic E-state index is -0.622. The summed E-state index contributed by atoms with van der Waals surface area (Å²) in [6, 6.07) is 11.6. The second kappa shape index (κ2) is 9.58. The van der Waals surface area contributed by atoms with Gasteiger partial charge in [-0.3, -0.25) is 9.36 Å². The van der Waals surface area contributed by atoms with Crippen molar-refractivity contribution in [3.8, 4) is 0 Å². The SMILES string of the molecule is Cl.O=c1sc2ccc(Cl)cc2n1CC1CCN(C[C@H](O)c2ccc(F)cc2)CC1. The number of halogens is 3. The Kier molecular flexibility index (Phi) is 7.35. The Morgan fingerprint density at radius 1 is 1.17 bits per heavy atom. The molecule has 0 radical (unpaired) electrons. The van der Waals surface area contributed by atoms with Crippen LogP contribution in [0.3, 0.4) is 0 Å². The van der Waals surface area contributed by atoms with Crippen LogP contribution in [0.4, 0.5) is 4.39 Å². The predicted molar refractivity (Wildman–Crippen MR) is 119 cm³/mol. The fourth-order valence-electron chi connectivity index (χ4n) is 3.85. The molecule has 1 aliphatic rings. The van der Waals surface area contributed by atoms with Crippen LogP contribution in [0.25, 0.3) is 10.2 Å². The summed E-state index contributed by atoms with van der Waals surface area (Å²) < 4.78 is 15.8. The standard InChI is InChI=1S/C21H22ClFN2O2S.ClH/c22-16-3-6-20-18(11-16)25(21(27)28-20)12-14-7-9-24(10-8-14)13-19(26)15-1-4-17(23)5-2-15;/h1-6,11,14,19,26H,7-10,12-13H2;1H/t19-;/m0./s1. The van der Waals surface area contributed by atoms with Crippen LogP contribution in [-0.4, -0.2) is 34.2 Å². The highest BCUT2D eigenvalue weighted by atomic mass is 35.5. The van der Waals surface area contributed by atoms with Crippen LogP contribution in [0.15, 0.2) is 47.3 Å². The van der Waals surface area contributed by atoms with Crippen molar-refractivity contribution < 1.29 is 9.50 Å². The number of aliphatic hydroxyl groups excluding tert-OH is 1. The normalized spacial score (nSPS) is 16.7. The second-order valence-electron chi connectivity index (χ2n) is 7.40. The fraction of sp³-hybridized carbons (Fsp3) is 0.381. The molecule has 156 valence electrons. The highest BCUT2D eigenvalue weighted by Gasteiger charge is 2.23. The lowest BCUT2D eigenvalue weighted by atomic mass is 9.96. The molecule has 0 amide bonds. The Balaban J connectivity index is 0.00000240. The molecule has 2 heterocycles. The molecule has 1 fully saturated rings. The number of hydrogen-bond donors (Lipinski definition) is 1. The van der Waals surface area contributed by atoms with Crippen molar-refractivity contribution in [3.63, 3.8) is 0 Å². The Labute approximate surface area is 183 Å². The molecule has 29 heavy (non-hydrogen) atoms. The molecule has 0 spiro atoms. The van der Waals surface area contributed by atoms with Gasteiger partial charge in [0.2, 0.25) is 0 Å². The zero-order valence-electron chi connectivity index (χ0n) is 15.8. The zero-order valence-corrected chi connectivity index (χ0v) is 18.2. The van der Waals surface area contributed by atoms with Crippen LogP contribution < -0.4 is 4.87 Å². The van der Waals surface area contributed by atoms with Gasteiger partial charge in [0, 0.05) is 18.1 Å². The Hall–Kier alpha value is -1.44. The molecule has 1 N–H and O–H groups in total. The number of β-amino-alcohol motifs (C(OH)–C–C–N with tert-alkyl or cyclic N) is 1. The van der Waals surface area contributed by atoms with Gasteiger partial charge in [-0.2, -0.15) is 0 Å². The summed E-state index contributed by atoms with van der Waals surface area (Å²) >= 11 is 7.37. The maximum Gasteiger partial charge on any atom is 0.308 e. The van der Waals surface area contributed by atoms with E-state index in [0.29, 0.717) is 24.0 Å². The molecule has 1 aliphatic heterocycles. The van der Waals surface area contributed by atoms with E-state index in [4.69, 9.17) is 11.6 Å². The predicted octanol–water partition coefficient (Wildman–Crippen LogP) is 4.72. The first kappa shape index (κ1) is 22.2. The number of hydrogen-bond acceptors (Lipinski definition) is 4. The average Bonchev–Trinajstić information content (AvgIpc) is 2.98. The van der Waals surface area contributed by atoms with Crippen LogP contribution in [0.5, 0.6) is 0 Å². The Morgan fingerprint density at radius 2 is 1.86 bits per heavy atom. The lowest BCUT2D eigenvalue weighted by Crippen LogP contribution is -2.38. The van der Waals surface area contributed by atoms with Crippen LogP contribution in [-0.2, 0) is 6.54 Å². The second-order valence-corrected chi connectivity index (χ2v) is 8.83. The van der Waals surface area contributed by atoms with E-state index in [-0.39, 0.29) is 23.1 Å². The van der Waals surface area contributed by atoms with Crippen molar-refractivity contribution in [2.75, 3.05) is 19.6 Å². The largest absolute Gasteiger partial charge is 0.387 e. The maximum atomic E-state index is 13.0. The molecular weight excluding hydrogens is 434 g/mol. The molecule has 0 unspecified atom stereocenters. The quantitative estimate of drug-likeness (QED) is 0.603. The molecule has 3 aromatic rings. The third-order valence-electron chi connectivity index (χ3n) is 5.46. The van der Waals surface area contributed by atoms with Gasteiger partial charge in [0.1, 0.15) is 5.82 Å². The van der Waals surface area contributed by atoms with Crippen molar-refractivity contribution in [2.24, 2.45) is 5.92 Å². The molecule has 8 heteroatoms. The van der Waals surface area contributed by atoms with Crippen molar-refractivity contribution in [3.05, 3.63) is 68.5 Å². The van der Waals surface area contributed by atoms with E-state index < -0.39 is 6.10 Å². The number of rotatable bonds is 5. The number of nitrogens with zero attached hydrogens (tertiary/aromatic N) is 2. The number of aromatic nitrogens is 1. The van der Waals surface area contributed by atoms with Crippen LogP contribution in [0, 0.1) is 11.7 Å². The summed E-state index contributed by atoms with van der Waals surface area (Å²) in [6.45, 7) is 2.99. The lowest BCUT2D eigenvalue weighted by molar-refractivity contribution is 0.0867. The Morgan fingerprint density at radius 3 is 2.55 bits per heavy atom. The summed E-state index contributed by atoms with van der Waals surface area (Å²) in [5.74, 6) is 0.128. The zero-order chi connectivity index (χ0) is 19.7. The highest BCUT2D eigenvalue weighted by Crippen LogP contribution is 2.26. The number of fused-ring (bicyclic) bond motifs is 1. The van der Waals surface area contributed by atoms with Gasteiger partial charge >= 0.3 is 4.87 Å². The molecular formula is C21H23Cl2FN2O2S. The first-order valence-electron chi connectivity index (χ1n) is 9.44. The minimum absolute atomic E-state index is 0. The third kappa shape index (κ3) is 5.19. The maximum absolute atomic E-state index is 13.0. The van der Waals surface area contributed by atoms with Crippen LogP contribution >= 0.6 is 35.3 Å². The van der Waals surface area contributed by atoms with Gasteiger partial charge in [-0.25, -0.2) is 4.39 Å². The van der Waals surface area contributed by atoms with Crippen molar-refractivity contribution in [1.29, 1.82) is 0 Å². The first-order chi connectivity index (χ1) is 13.5. The molecule has 0 aliphatic carbocycles. The van der Waals surface area contributed by atoms with Crippen LogP contribution in [0.1, 0.15) is 24.5 Å². The summed E-state index contributed by atoms with van der Waals surface area (Å²) in [5, 5.41) is 11.0. The fourth-order valence-corrected chi connectivity index (χ4v) is 4.90. The van der Waals surface area contributed by atoms with E-state index in [1.54, 1.807) is 12.1 Å². The monoisotopic (exact) mass is 456 g/mol. The van der Waals surface area contributed by atoms with Gasteiger partial charge < -0.3 is 10.0 Å². The number of likely N-dealkylation sites (tertiary alicyclic amines) is 1. The molecule has 4 nitrogen and oxygen atoms in total. The summed E-state index contributed by atoms with van der Waals surface area (Å²) in [7, 11) is 0. The van der Waals surface area contributed by atoms with E-state index in [0.717, 1.165) is 41.7 Å². The molecule has 1 aromatic heterocycles. The molecule has 0 saturated carbocycles. The van der Waals surface area contributed by atoms with E-state index >= 15 is 0 Å². The summed E-state index contributed by atoms with van der Waals surface area (Å²) in [6.07, 6.45) is 1.32. The van der Waals surface area contributed by atoms with Gasteiger partial charge in [-0.1, -0.05) is 35.1 Å². The average molecular weight is 457 g/mol. The van der Waals surface area contributed by atoms with E-state index in [1.807, 2.05) is 22.8 Å². The third-order valence-corrected chi connectivity index (χ3v) is 6.66. The molecule has 0 bridgehead atoms. The Bertz CT molecular complexity index is 1010. The number of thiazole rings is 1. The minimum Gasteiger partial charge on any atom is -0.387 e.